The summed E-state index contributed by atoms with van der Waals surface area (Å²) in [5, 5.41) is 2.66. The Balaban J connectivity index is 1.42. The molecule has 1 aliphatic rings. The fourth-order valence-corrected chi connectivity index (χ4v) is 3.91. The molecule has 1 aliphatic heterocycles. The third-order valence-electron chi connectivity index (χ3n) is 5.77. The Bertz CT molecular complexity index is 983. The summed E-state index contributed by atoms with van der Waals surface area (Å²) in [5.74, 6) is 0.217. The van der Waals surface area contributed by atoms with Gasteiger partial charge in [-0.2, -0.15) is 0 Å². The fraction of sp³-hybridized carbons (Fsp3) is 0.440. The van der Waals surface area contributed by atoms with Crippen molar-refractivity contribution in [2.45, 2.75) is 32.2 Å². The van der Waals surface area contributed by atoms with E-state index in [2.05, 4.69) is 10.1 Å². The molecule has 190 valence electrons. The minimum atomic E-state index is -4.80. The van der Waals surface area contributed by atoms with Crippen LogP contribution in [0.25, 0.3) is 0 Å². The summed E-state index contributed by atoms with van der Waals surface area (Å²) in [6, 6.07) is 13.3. The molecule has 2 aromatic carbocycles. The Kier molecular flexibility index (Phi) is 9.36. The van der Waals surface area contributed by atoms with Crippen LogP contribution in [-0.4, -0.2) is 67.8 Å². The number of ether oxygens (including phenoxy) is 2. The predicted molar refractivity (Wildman–Crippen MR) is 124 cm³/mol. The van der Waals surface area contributed by atoms with Gasteiger partial charge in [0.1, 0.15) is 11.5 Å². The average Bonchev–Trinajstić information content (AvgIpc) is 3.07. The Labute approximate surface area is 202 Å². The summed E-state index contributed by atoms with van der Waals surface area (Å²) < 4.78 is 46.9. The molecule has 35 heavy (non-hydrogen) atoms. The number of halogens is 3. The van der Waals surface area contributed by atoms with E-state index < -0.39 is 6.36 Å². The van der Waals surface area contributed by atoms with Crippen LogP contribution in [0.1, 0.15) is 24.0 Å². The Morgan fingerprint density at radius 2 is 1.74 bits per heavy atom. The highest BCUT2D eigenvalue weighted by molar-refractivity contribution is 5.78. The number of carbonyl (C=O) groups excluding carboxylic acids is 2. The van der Waals surface area contributed by atoms with Gasteiger partial charge < -0.3 is 19.7 Å². The van der Waals surface area contributed by atoms with Crippen LogP contribution in [0.2, 0.25) is 0 Å². The second-order valence-electron chi connectivity index (χ2n) is 8.29. The highest BCUT2D eigenvalue weighted by Gasteiger charge is 2.32. The molecule has 10 heteroatoms. The minimum absolute atomic E-state index is 0.0745. The van der Waals surface area contributed by atoms with E-state index in [-0.39, 0.29) is 36.2 Å². The van der Waals surface area contributed by atoms with E-state index in [9.17, 15) is 22.8 Å². The van der Waals surface area contributed by atoms with Gasteiger partial charge in [-0.15, -0.1) is 13.2 Å². The molecule has 0 spiro atoms. The van der Waals surface area contributed by atoms with Crippen molar-refractivity contribution < 1.29 is 32.2 Å². The molecule has 0 aliphatic carbocycles. The Morgan fingerprint density at radius 1 is 1.00 bits per heavy atom. The van der Waals surface area contributed by atoms with Crippen LogP contribution >= 0.6 is 0 Å². The maximum Gasteiger partial charge on any atom is 0.573 e. The van der Waals surface area contributed by atoms with Gasteiger partial charge in [0, 0.05) is 44.7 Å². The van der Waals surface area contributed by atoms with E-state index in [4.69, 9.17) is 4.74 Å². The molecule has 1 fully saturated rings. The molecule has 3 rings (SSSR count). The first kappa shape index (κ1) is 26.3. The molecule has 0 aromatic heterocycles. The Morgan fingerprint density at radius 3 is 2.46 bits per heavy atom. The quantitative estimate of drug-likeness (QED) is 0.580. The van der Waals surface area contributed by atoms with Crippen LogP contribution in [0.4, 0.5) is 13.2 Å². The molecule has 1 saturated heterocycles. The molecular weight excluding hydrogens is 463 g/mol. The van der Waals surface area contributed by atoms with Crippen LogP contribution < -0.4 is 14.8 Å². The van der Waals surface area contributed by atoms with Crippen LogP contribution in [0, 0.1) is 0 Å². The molecule has 0 saturated carbocycles. The predicted octanol–water partition coefficient (Wildman–Crippen LogP) is 3.38. The number of methoxy groups -OCH3 is 1. The first-order valence-corrected chi connectivity index (χ1v) is 11.5. The number of nitrogens with zero attached hydrogens (tertiary/aromatic N) is 2. The van der Waals surface area contributed by atoms with Gasteiger partial charge >= 0.3 is 6.36 Å². The summed E-state index contributed by atoms with van der Waals surface area (Å²) >= 11 is 0. The number of aryl methyl sites for hydroxylation is 1. The summed E-state index contributed by atoms with van der Waals surface area (Å²) in [7, 11) is 1.61. The smallest absolute Gasteiger partial charge is 0.497 e. The van der Waals surface area contributed by atoms with Gasteiger partial charge in [-0.25, -0.2) is 0 Å². The molecule has 0 radical (unpaired) electrons. The maximum absolute atomic E-state index is 12.7. The van der Waals surface area contributed by atoms with Crippen molar-refractivity contribution in [2.75, 3.05) is 39.8 Å². The standard InChI is InChI=1S/C25H30F3N3O4/c1-34-21-10-7-19(8-11-21)9-12-24(33)31-14-4-13-30(15-16-31)18-23(32)29-17-20-5-2-3-6-22(20)35-25(26,27)28/h2-3,5-8,10-11H,4,9,12-18H2,1H3,(H,29,32). The van der Waals surface area contributed by atoms with Gasteiger partial charge in [0.05, 0.1) is 13.7 Å². The third-order valence-corrected chi connectivity index (χ3v) is 5.77. The molecule has 2 aromatic rings. The molecular formula is C25H30F3N3O4. The molecule has 1 N–H and O–H groups in total. The number of nitrogens with one attached hydrogen (secondary N) is 1. The summed E-state index contributed by atoms with van der Waals surface area (Å²) in [6.07, 6.45) is -3.01. The van der Waals surface area contributed by atoms with Gasteiger partial charge in [-0.3, -0.25) is 14.5 Å². The molecule has 0 bridgehead atoms. The topological polar surface area (TPSA) is 71.1 Å². The summed E-state index contributed by atoms with van der Waals surface area (Å²) in [5.41, 5.74) is 1.30. The average molecular weight is 494 g/mol. The normalized spacial score (nSPS) is 14.8. The number of rotatable bonds is 9. The molecule has 0 atom stereocenters. The Hall–Kier alpha value is -3.27. The summed E-state index contributed by atoms with van der Waals surface area (Å²) in [6.45, 7) is 2.39. The summed E-state index contributed by atoms with van der Waals surface area (Å²) in [4.78, 5) is 28.9. The first-order valence-electron chi connectivity index (χ1n) is 11.5. The van der Waals surface area contributed by atoms with E-state index in [1.165, 1.54) is 18.2 Å². The van der Waals surface area contributed by atoms with Crippen molar-refractivity contribution >= 4 is 11.8 Å². The number of hydrogen-bond acceptors (Lipinski definition) is 5. The SMILES string of the molecule is COc1ccc(CCC(=O)N2CCCN(CC(=O)NCc3ccccc3OC(F)(F)F)CC2)cc1. The third kappa shape index (κ3) is 8.79. The van der Waals surface area contributed by atoms with E-state index >= 15 is 0 Å². The molecule has 1 heterocycles. The number of amides is 2. The van der Waals surface area contributed by atoms with E-state index in [0.29, 0.717) is 39.0 Å². The van der Waals surface area contributed by atoms with Crippen LogP contribution in [-0.2, 0) is 22.6 Å². The zero-order chi connectivity index (χ0) is 25.3. The van der Waals surface area contributed by atoms with Gasteiger partial charge in [0.25, 0.3) is 0 Å². The second kappa shape index (κ2) is 12.4. The first-order chi connectivity index (χ1) is 16.7. The van der Waals surface area contributed by atoms with Crippen molar-refractivity contribution in [3.8, 4) is 11.5 Å². The minimum Gasteiger partial charge on any atom is -0.497 e. The van der Waals surface area contributed by atoms with E-state index in [1.54, 1.807) is 13.2 Å². The lowest BCUT2D eigenvalue weighted by atomic mass is 10.1. The highest BCUT2D eigenvalue weighted by Crippen LogP contribution is 2.26. The van der Waals surface area contributed by atoms with Crippen molar-refractivity contribution in [1.29, 1.82) is 0 Å². The van der Waals surface area contributed by atoms with Crippen molar-refractivity contribution in [2.24, 2.45) is 0 Å². The number of carbonyl (C=O) groups is 2. The van der Waals surface area contributed by atoms with Gasteiger partial charge in [-0.05, 0) is 36.6 Å². The van der Waals surface area contributed by atoms with Crippen molar-refractivity contribution in [3.05, 3.63) is 59.7 Å². The van der Waals surface area contributed by atoms with Gasteiger partial charge in [0.15, 0.2) is 0 Å². The van der Waals surface area contributed by atoms with Crippen LogP contribution in [0.15, 0.2) is 48.5 Å². The molecule has 7 nitrogen and oxygen atoms in total. The van der Waals surface area contributed by atoms with E-state index in [1.807, 2.05) is 34.1 Å². The second-order valence-corrected chi connectivity index (χ2v) is 8.29. The molecule has 0 unspecified atom stereocenters. The van der Waals surface area contributed by atoms with E-state index in [0.717, 1.165) is 17.7 Å². The zero-order valence-electron chi connectivity index (χ0n) is 19.6. The monoisotopic (exact) mass is 493 g/mol. The lowest BCUT2D eigenvalue weighted by Gasteiger charge is -2.22. The number of hydrogen-bond donors (Lipinski definition) is 1. The fourth-order valence-electron chi connectivity index (χ4n) is 3.91. The maximum atomic E-state index is 12.7. The van der Waals surface area contributed by atoms with Crippen molar-refractivity contribution in [3.63, 3.8) is 0 Å². The molecule has 2 amide bonds. The van der Waals surface area contributed by atoms with Gasteiger partial charge in [-0.1, -0.05) is 30.3 Å². The lowest BCUT2D eigenvalue weighted by molar-refractivity contribution is -0.274. The van der Waals surface area contributed by atoms with Crippen molar-refractivity contribution in [1.82, 2.24) is 15.1 Å². The largest absolute Gasteiger partial charge is 0.573 e. The van der Waals surface area contributed by atoms with Crippen LogP contribution in [0.5, 0.6) is 11.5 Å². The number of benzene rings is 2. The zero-order valence-corrected chi connectivity index (χ0v) is 19.6. The lowest BCUT2D eigenvalue weighted by Crippen LogP contribution is -2.40. The highest BCUT2D eigenvalue weighted by atomic mass is 19.4. The number of alkyl halides is 3. The number of para-hydroxylation sites is 1. The van der Waals surface area contributed by atoms with Crippen LogP contribution in [0.3, 0.4) is 0 Å². The van der Waals surface area contributed by atoms with Gasteiger partial charge in [0.2, 0.25) is 11.8 Å².